The Bertz CT molecular complexity index is 529. The topological polar surface area (TPSA) is 55.6 Å². The first-order valence-corrected chi connectivity index (χ1v) is 7.97. The summed E-state index contributed by atoms with van der Waals surface area (Å²) in [7, 11) is 1.97. The molecule has 0 saturated carbocycles. The van der Waals surface area contributed by atoms with Crippen LogP contribution in [-0.4, -0.2) is 26.4 Å². The monoisotopic (exact) mass is 293 g/mol. The van der Waals surface area contributed by atoms with Gasteiger partial charge in [-0.2, -0.15) is 5.10 Å². The zero-order valence-electron chi connectivity index (χ0n) is 12.6. The molecule has 2 aromatic rings. The first-order valence-electron chi connectivity index (χ1n) is 7.19. The van der Waals surface area contributed by atoms with Crippen LogP contribution in [0.25, 0.3) is 0 Å². The number of nitrogens with zero attached hydrogens (tertiary/aromatic N) is 4. The highest BCUT2D eigenvalue weighted by Crippen LogP contribution is 2.23. The minimum Gasteiger partial charge on any atom is -0.312 e. The van der Waals surface area contributed by atoms with Crippen LogP contribution in [0.1, 0.15) is 55.0 Å². The van der Waals surface area contributed by atoms with E-state index in [2.05, 4.69) is 45.7 Å². The molecule has 0 aliphatic rings. The van der Waals surface area contributed by atoms with E-state index in [1.165, 1.54) is 16.4 Å². The van der Waals surface area contributed by atoms with Gasteiger partial charge in [-0.25, -0.2) is 0 Å². The molecule has 0 fully saturated rings. The number of hydrogen-bond donors (Lipinski definition) is 1. The third-order valence-electron chi connectivity index (χ3n) is 3.74. The lowest BCUT2D eigenvalue weighted by atomic mass is 10.1. The normalized spacial score (nSPS) is 13.1. The Kier molecular flexibility index (Phi) is 5.25. The van der Waals surface area contributed by atoms with E-state index in [9.17, 15) is 0 Å². The minimum absolute atomic E-state index is 0.236. The summed E-state index contributed by atoms with van der Waals surface area (Å²) in [4.78, 5) is 1.20. The first-order chi connectivity index (χ1) is 9.69. The zero-order chi connectivity index (χ0) is 14.5. The molecule has 0 aromatic carbocycles. The summed E-state index contributed by atoms with van der Waals surface area (Å²) in [6.45, 7) is 6.42. The molecule has 0 bridgehead atoms. The second-order valence-electron chi connectivity index (χ2n) is 5.03. The quantitative estimate of drug-likeness (QED) is 0.853. The lowest BCUT2D eigenvalue weighted by molar-refractivity contribution is 0.423. The molecule has 6 heteroatoms. The maximum absolute atomic E-state index is 4.72. The maximum atomic E-state index is 4.72. The van der Waals surface area contributed by atoms with Crippen LogP contribution >= 0.6 is 11.5 Å². The van der Waals surface area contributed by atoms with Crippen molar-refractivity contribution in [3.05, 3.63) is 28.5 Å². The lowest BCUT2D eigenvalue weighted by Gasteiger charge is -2.14. The largest absolute Gasteiger partial charge is 0.312 e. The van der Waals surface area contributed by atoms with E-state index in [1.807, 2.05) is 14.0 Å². The van der Waals surface area contributed by atoms with Crippen LogP contribution in [0.15, 0.2) is 12.3 Å². The van der Waals surface area contributed by atoms with Crippen molar-refractivity contribution in [1.29, 1.82) is 0 Å². The molecule has 0 amide bonds. The van der Waals surface area contributed by atoms with Gasteiger partial charge in [-0.1, -0.05) is 18.3 Å². The molecule has 1 unspecified atom stereocenters. The van der Waals surface area contributed by atoms with E-state index in [0.717, 1.165) is 30.7 Å². The fraction of sp³-hybridized carbons (Fsp3) is 0.643. The van der Waals surface area contributed by atoms with Crippen LogP contribution in [-0.2, 0) is 6.42 Å². The first kappa shape index (κ1) is 15.1. The van der Waals surface area contributed by atoms with Gasteiger partial charge in [0.05, 0.1) is 28.3 Å². The molecule has 2 aromatic heterocycles. The van der Waals surface area contributed by atoms with Crippen molar-refractivity contribution >= 4 is 11.5 Å². The molecule has 1 atom stereocenters. The van der Waals surface area contributed by atoms with Gasteiger partial charge in [0.15, 0.2) is 0 Å². The van der Waals surface area contributed by atoms with Crippen LogP contribution in [0.4, 0.5) is 0 Å². The number of hydrogen-bond acceptors (Lipinski definition) is 5. The van der Waals surface area contributed by atoms with Crippen molar-refractivity contribution in [2.24, 2.45) is 0 Å². The highest BCUT2D eigenvalue weighted by atomic mass is 32.1. The Morgan fingerprint density at radius 2 is 2.10 bits per heavy atom. The molecule has 0 spiro atoms. The fourth-order valence-corrected chi connectivity index (χ4v) is 3.20. The van der Waals surface area contributed by atoms with Gasteiger partial charge in [0.25, 0.3) is 0 Å². The summed E-state index contributed by atoms with van der Waals surface area (Å²) < 4.78 is 6.12. The minimum atomic E-state index is 0.236. The molecule has 2 rings (SSSR count). The zero-order valence-corrected chi connectivity index (χ0v) is 13.4. The number of aromatic nitrogens is 4. The predicted molar refractivity (Wildman–Crippen MR) is 82.0 cm³/mol. The molecule has 0 saturated heterocycles. The van der Waals surface area contributed by atoms with E-state index >= 15 is 0 Å². The molecule has 20 heavy (non-hydrogen) atoms. The Morgan fingerprint density at radius 3 is 2.65 bits per heavy atom. The molecule has 0 radical (unpaired) electrons. The number of rotatable bonds is 7. The molecule has 5 nitrogen and oxygen atoms in total. The van der Waals surface area contributed by atoms with Gasteiger partial charge >= 0.3 is 0 Å². The van der Waals surface area contributed by atoms with Gasteiger partial charge in [-0.15, -0.1) is 5.10 Å². The summed E-state index contributed by atoms with van der Waals surface area (Å²) in [6.07, 6.45) is 5.20. The van der Waals surface area contributed by atoms with E-state index in [-0.39, 0.29) is 6.04 Å². The molecular weight excluding hydrogens is 270 g/mol. The van der Waals surface area contributed by atoms with Crippen molar-refractivity contribution in [2.75, 3.05) is 7.05 Å². The Labute approximate surface area is 124 Å². The lowest BCUT2D eigenvalue weighted by Crippen LogP contribution is -2.19. The SMILES string of the molecule is CCC(CC)n1ccc(CC(NC)c2snnc2C)n1. The average Bonchev–Trinajstić information content (AvgIpc) is 3.07. The second-order valence-corrected chi connectivity index (χ2v) is 5.81. The maximum Gasteiger partial charge on any atom is 0.0772 e. The summed E-state index contributed by atoms with van der Waals surface area (Å²) >= 11 is 1.47. The van der Waals surface area contributed by atoms with Crippen molar-refractivity contribution in [1.82, 2.24) is 24.7 Å². The van der Waals surface area contributed by atoms with Crippen LogP contribution < -0.4 is 5.32 Å². The van der Waals surface area contributed by atoms with Gasteiger partial charge in [0.2, 0.25) is 0 Å². The van der Waals surface area contributed by atoms with Gasteiger partial charge < -0.3 is 5.32 Å². The van der Waals surface area contributed by atoms with Crippen molar-refractivity contribution in [2.45, 2.75) is 52.1 Å². The van der Waals surface area contributed by atoms with Gasteiger partial charge in [0, 0.05) is 12.6 Å². The summed E-state index contributed by atoms with van der Waals surface area (Å²) in [5.41, 5.74) is 2.12. The number of nitrogens with one attached hydrogen (secondary N) is 1. The van der Waals surface area contributed by atoms with E-state index in [4.69, 9.17) is 5.10 Å². The van der Waals surface area contributed by atoms with E-state index < -0.39 is 0 Å². The highest BCUT2D eigenvalue weighted by Gasteiger charge is 2.18. The Morgan fingerprint density at radius 1 is 1.35 bits per heavy atom. The highest BCUT2D eigenvalue weighted by molar-refractivity contribution is 7.05. The molecular formula is C14H23N5S. The van der Waals surface area contributed by atoms with Gasteiger partial charge in [0.1, 0.15) is 0 Å². The summed E-state index contributed by atoms with van der Waals surface area (Å²) in [5.74, 6) is 0. The average molecular weight is 293 g/mol. The molecule has 110 valence electrons. The summed E-state index contributed by atoms with van der Waals surface area (Å²) in [6, 6.07) is 2.86. The smallest absolute Gasteiger partial charge is 0.0772 e. The number of likely N-dealkylation sites (N-methyl/N-ethyl adjacent to an activating group) is 1. The van der Waals surface area contributed by atoms with Crippen molar-refractivity contribution < 1.29 is 0 Å². The fourth-order valence-electron chi connectivity index (χ4n) is 2.44. The third-order valence-corrected chi connectivity index (χ3v) is 4.68. The molecule has 2 heterocycles. The molecule has 0 aliphatic heterocycles. The van der Waals surface area contributed by atoms with Gasteiger partial charge in [-0.05, 0) is 44.4 Å². The van der Waals surface area contributed by atoms with Crippen LogP contribution in [0.2, 0.25) is 0 Å². The van der Waals surface area contributed by atoms with Crippen molar-refractivity contribution in [3.63, 3.8) is 0 Å². The van der Waals surface area contributed by atoms with Crippen LogP contribution in [0.3, 0.4) is 0 Å². The standard InChI is InChI=1S/C14H23N5S/c1-5-12(6-2)19-8-7-11(17-19)9-13(15-4)14-10(3)16-18-20-14/h7-8,12-13,15H,5-6,9H2,1-4H3. The van der Waals surface area contributed by atoms with E-state index in [0.29, 0.717) is 6.04 Å². The molecule has 0 aliphatic carbocycles. The molecule has 1 N–H and O–H groups in total. The van der Waals surface area contributed by atoms with Gasteiger partial charge in [-0.3, -0.25) is 4.68 Å². The summed E-state index contributed by atoms with van der Waals surface area (Å²) in [5, 5.41) is 12.2. The van der Waals surface area contributed by atoms with E-state index in [1.54, 1.807) is 0 Å². The van der Waals surface area contributed by atoms with Crippen molar-refractivity contribution in [3.8, 4) is 0 Å². The Hall–Kier alpha value is -1.27. The van der Waals surface area contributed by atoms with Crippen LogP contribution in [0, 0.1) is 6.92 Å². The van der Waals surface area contributed by atoms with Crippen LogP contribution in [0.5, 0.6) is 0 Å². The second kappa shape index (κ2) is 6.95. The number of aryl methyl sites for hydroxylation is 1. The predicted octanol–water partition coefficient (Wildman–Crippen LogP) is 2.91. The third kappa shape index (κ3) is 3.24. The Balaban J connectivity index is 2.11.